The molecule has 0 spiro atoms. The van der Waals surface area contributed by atoms with Crippen LogP contribution < -0.4 is 5.32 Å². The first-order chi connectivity index (χ1) is 14.7. The number of aromatic amines is 1. The van der Waals surface area contributed by atoms with Gasteiger partial charge in [-0.1, -0.05) is 57.5 Å². The lowest BCUT2D eigenvalue weighted by Gasteiger charge is -2.08. The van der Waals surface area contributed by atoms with Crippen LogP contribution in [0.2, 0.25) is 0 Å². The number of hydrogen-bond donors (Lipinski definition) is 2. The van der Waals surface area contributed by atoms with Gasteiger partial charge < -0.3 is 9.84 Å². The smallest absolute Gasteiger partial charge is 0.278 e. The first-order valence-electron chi connectivity index (χ1n) is 8.99. The minimum Gasteiger partial charge on any atom is -0.355 e. The standard InChI is InChI=1S/C21H13BrN6O2/c22-14-7-9-17(16(11-14)20-24-27-28-25-20)23-21(29)19-15-8-6-13(10-18(15)30-26-19)12-4-2-1-3-5-12/h1-11H,(H,23,29)(H,24,25,27,28). The summed E-state index contributed by atoms with van der Waals surface area (Å²) in [5.74, 6) is 0.0429. The average molecular weight is 461 g/mol. The molecule has 0 fully saturated rings. The maximum absolute atomic E-state index is 12.9. The van der Waals surface area contributed by atoms with Gasteiger partial charge in [0.05, 0.1) is 11.1 Å². The molecule has 0 saturated carbocycles. The highest BCUT2D eigenvalue weighted by Gasteiger charge is 2.19. The predicted molar refractivity (Wildman–Crippen MR) is 115 cm³/mol. The van der Waals surface area contributed by atoms with E-state index < -0.39 is 5.91 Å². The average Bonchev–Trinajstić information content (AvgIpc) is 3.45. The number of carbonyl (C=O) groups excluding carboxylic acids is 1. The van der Waals surface area contributed by atoms with Crippen LogP contribution in [0.25, 0.3) is 33.5 Å². The van der Waals surface area contributed by atoms with E-state index in [-0.39, 0.29) is 5.69 Å². The molecule has 0 aliphatic carbocycles. The van der Waals surface area contributed by atoms with Crippen LogP contribution in [0.1, 0.15) is 10.5 Å². The SMILES string of the molecule is O=C(Nc1ccc(Br)cc1-c1nnn[nH]1)c1noc2cc(-c3ccccc3)ccc12. The lowest BCUT2D eigenvalue weighted by molar-refractivity contribution is 0.102. The van der Waals surface area contributed by atoms with Gasteiger partial charge in [0.25, 0.3) is 5.91 Å². The number of benzene rings is 3. The number of rotatable bonds is 4. The van der Waals surface area contributed by atoms with Crippen molar-refractivity contribution in [3.8, 4) is 22.5 Å². The van der Waals surface area contributed by atoms with Gasteiger partial charge >= 0.3 is 0 Å². The lowest BCUT2D eigenvalue weighted by atomic mass is 10.0. The van der Waals surface area contributed by atoms with Crippen LogP contribution >= 0.6 is 15.9 Å². The van der Waals surface area contributed by atoms with E-state index in [4.69, 9.17) is 4.52 Å². The van der Waals surface area contributed by atoms with Crippen molar-refractivity contribution in [1.82, 2.24) is 25.8 Å². The van der Waals surface area contributed by atoms with Crippen molar-refractivity contribution in [3.63, 3.8) is 0 Å². The van der Waals surface area contributed by atoms with E-state index in [1.54, 1.807) is 6.07 Å². The van der Waals surface area contributed by atoms with Gasteiger partial charge in [0.2, 0.25) is 0 Å². The van der Waals surface area contributed by atoms with Crippen LogP contribution in [0.15, 0.2) is 75.7 Å². The summed E-state index contributed by atoms with van der Waals surface area (Å²) in [4.78, 5) is 12.9. The van der Waals surface area contributed by atoms with E-state index in [9.17, 15) is 4.79 Å². The molecule has 0 radical (unpaired) electrons. The molecule has 9 heteroatoms. The monoisotopic (exact) mass is 460 g/mol. The molecular formula is C21H13BrN6O2. The molecule has 2 aromatic heterocycles. The van der Waals surface area contributed by atoms with Crippen LogP contribution in [-0.4, -0.2) is 31.7 Å². The third-order valence-corrected chi connectivity index (χ3v) is 5.12. The van der Waals surface area contributed by atoms with Crippen LogP contribution in [0.3, 0.4) is 0 Å². The zero-order valence-electron chi connectivity index (χ0n) is 15.3. The Balaban J connectivity index is 1.48. The summed E-state index contributed by atoms with van der Waals surface area (Å²) >= 11 is 3.42. The number of nitrogens with one attached hydrogen (secondary N) is 2. The van der Waals surface area contributed by atoms with E-state index >= 15 is 0 Å². The molecule has 1 amide bonds. The normalized spacial score (nSPS) is 11.0. The second-order valence-corrected chi connectivity index (χ2v) is 7.42. The van der Waals surface area contributed by atoms with Gasteiger partial charge in [0, 0.05) is 10.0 Å². The van der Waals surface area contributed by atoms with Crippen molar-refractivity contribution in [3.05, 3.63) is 76.9 Å². The Morgan fingerprint density at radius 3 is 2.67 bits per heavy atom. The summed E-state index contributed by atoms with van der Waals surface area (Å²) in [7, 11) is 0. The molecule has 30 heavy (non-hydrogen) atoms. The molecule has 5 aromatic rings. The second-order valence-electron chi connectivity index (χ2n) is 6.50. The summed E-state index contributed by atoms with van der Waals surface area (Å²) in [5, 5.41) is 21.3. The first kappa shape index (κ1) is 18.2. The summed E-state index contributed by atoms with van der Waals surface area (Å²) in [6.07, 6.45) is 0. The highest BCUT2D eigenvalue weighted by molar-refractivity contribution is 9.10. The van der Waals surface area contributed by atoms with Crippen LogP contribution in [0.4, 0.5) is 5.69 Å². The molecule has 8 nitrogen and oxygen atoms in total. The van der Waals surface area contributed by atoms with Crippen molar-refractivity contribution in [1.29, 1.82) is 0 Å². The Morgan fingerprint density at radius 2 is 1.87 bits per heavy atom. The summed E-state index contributed by atoms with van der Waals surface area (Å²) < 4.78 is 6.26. The number of halogens is 1. The van der Waals surface area contributed by atoms with Gasteiger partial charge in [0.1, 0.15) is 0 Å². The van der Waals surface area contributed by atoms with E-state index in [2.05, 4.69) is 47.0 Å². The lowest BCUT2D eigenvalue weighted by Crippen LogP contribution is -2.13. The number of H-pyrrole nitrogens is 1. The molecular weight excluding hydrogens is 448 g/mol. The molecule has 2 N–H and O–H groups in total. The van der Waals surface area contributed by atoms with Crippen molar-refractivity contribution in [2.24, 2.45) is 0 Å². The maximum Gasteiger partial charge on any atom is 0.278 e. The third kappa shape index (κ3) is 3.35. The van der Waals surface area contributed by atoms with Gasteiger partial charge in [-0.15, -0.1) is 5.10 Å². The van der Waals surface area contributed by atoms with Crippen molar-refractivity contribution >= 4 is 38.5 Å². The molecule has 5 rings (SSSR count). The zero-order valence-corrected chi connectivity index (χ0v) is 16.9. The van der Waals surface area contributed by atoms with Crippen molar-refractivity contribution in [2.45, 2.75) is 0 Å². The Labute approximate surface area is 178 Å². The van der Waals surface area contributed by atoms with Crippen LogP contribution in [0, 0.1) is 0 Å². The second kappa shape index (κ2) is 7.53. The Morgan fingerprint density at radius 1 is 1.00 bits per heavy atom. The van der Waals surface area contributed by atoms with Gasteiger partial charge in [-0.2, -0.15) is 0 Å². The fourth-order valence-corrected chi connectivity index (χ4v) is 3.55. The fraction of sp³-hybridized carbons (Fsp3) is 0. The van der Waals surface area contributed by atoms with E-state index in [1.807, 2.05) is 60.7 Å². The topological polar surface area (TPSA) is 110 Å². The Hall–Kier alpha value is -3.85. The number of amides is 1. The summed E-state index contributed by atoms with van der Waals surface area (Å²) in [5.41, 5.74) is 3.97. The largest absolute Gasteiger partial charge is 0.355 e. The molecule has 3 aromatic carbocycles. The quantitative estimate of drug-likeness (QED) is 0.402. The van der Waals surface area contributed by atoms with Crippen LogP contribution in [0.5, 0.6) is 0 Å². The first-order valence-corrected chi connectivity index (χ1v) is 9.78. The predicted octanol–water partition coefficient (Wildman–Crippen LogP) is 4.69. The molecule has 0 aliphatic heterocycles. The Kier molecular flexibility index (Phi) is 4.56. The maximum atomic E-state index is 12.9. The minimum absolute atomic E-state index is 0.203. The molecule has 0 aliphatic rings. The molecule has 0 saturated heterocycles. The van der Waals surface area contributed by atoms with Gasteiger partial charge in [-0.05, 0) is 51.9 Å². The number of nitrogens with zero attached hydrogens (tertiary/aromatic N) is 4. The highest BCUT2D eigenvalue weighted by atomic mass is 79.9. The molecule has 2 heterocycles. The van der Waals surface area contributed by atoms with Crippen LogP contribution in [-0.2, 0) is 0 Å². The van der Waals surface area contributed by atoms with Gasteiger partial charge in [0.15, 0.2) is 17.1 Å². The zero-order chi connectivity index (χ0) is 20.5. The molecule has 146 valence electrons. The van der Waals surface area contributed by atoms with E-state index in [1.165, 1.54) is 0 Å². The number of hydrogen-bond acceptors (Lipinski definition) is 6. The van der Waals surface area contributed by atoms with Crippen molar-refractivity contribution < 1.29 is 9.32 Å². The van der Waals surface area contributed by atoms with E-state index in [0.29, 0.717) is 28.0 Å². The summed E-state index contributed by atoms with van der Waals surface area (Å²) in [6.45, 7) is 0. The summed E-state index contributed by atoms with van der Waals surface area (Å²) in [6, 6.07) is 21.0. The minimum atomic E-state index is -0.391. The number of anilines is 1. The number of tetrazole rings is 1. The van der Waals surface area contributed by atoms with E-state index in [0.717, 1.165) is 15.6 Å². The number of fused-ring (bicyclic) bond motifs is 1. The fourth-order valence-electron chi connectivity index (χ4n) is 3.19. The molecule has 0 unspecified atom stereocenters. The number of aromatic nitrogens is 5. The van der Waals surface area contributed by atoms with Gasteiger partial charge in [-0.3, -0.25) is 4.79 Å². The molecule has 0 atom stereocenters. The highest BCUT2D eigenvalue weighted by Crippen LogP contribution is 2.30. The molecule has 0 bridgehead atoms. The van der Waals surface area contributed by atoms with Gasteiger partial charge in [-0.25, -0.2) is 5.10 Å². The third-order valence-electron chi connectivity index (χ3n) is 4.62. The Bertz CT molecular complexity index is 1350. The van der Waals surface area contributed by atoms with Crippen molar-refractivity contribution in [2.75, 3.05) is 5.32 Å². The number of carbonyl (C=O) groups is 1.